The van der Waals surface area contributed by atoms with Crippen LogP contribution in [0, 0.1) is 5.92 Å². The molecule has 0 bridgehead atoms. The number of carbonyl (C=O) groups is 3. The second-order valence-electron chi connectivity index (χ2n) is 6.03. The third kappa shape index (κ3) is 3.53. The van der Waals surface area contributed by atoms with Crippen LogP contribution in [-0.4, -0.2) is 54.5 Å². The van der Waals surface area contributed by atoms with E-state index in [4.69, 9.17) is 0 Å². The van der Waals surface area contributed by atoms with Crippen LogP contribution in [0.5, 0.6) is 0 Å². The Morgan fingerprint density at radius 3 is 2.86 bits per heavy atom. The van der Waals surface area contributed by atoms with Gasteiger partial charge in [0.25, 0.3) is 5.91 Å². The van der Waals surface area contributed by atoms with Gasteiger partial charge in [-0.1, -0.05) is 6.92 Å². The molecule has 21 heavy (non-hydrogen) atoms. The van der Waals surface area contributed by atoms with Crippen molar-refractivity contribution in [1.29, 1.82) is 0 Å². The first-order valence-electron chi connectivity index (χ1n) is 7.58. The minimum atomic E-state index is -0.865. The van der Waals surface area contributed by atoms with Crippen molar-refractivity contribution in [3.8, 4) is 0 Å². The summed E-state index contributed by atoms with van der Waals surface area (Å²) in [6, 6.07) is -0.430. The Morgan fingerprint density at radius 2 is 2.24 bits per heavy atom. The second kappa shape index (κ2) is 6.43. The lowest BCUT2D eigenvalue weighted by Gasteiger charge is -2.39. The zero-order chi connectivity index (χ0) is 15.5. The molecule has 2 fully saturated rings. The van der Waals surface area contributed by atoms with Crippen molar-refractivity contribution in [2.24, 2.45) is 5.92 Å². The molecule has 2 aliphatic rings. The first-order chi connectivity index (χ1) is 9.95. The first-order valence-corrected chi connectivity index (χ1v) is 7.58. The smallest absolute Gasteiger partial charge is 0.322 e. The summed E-state index contributed by atoms with van der Waals surface area (Å²) < 4.78 is 0. The Kier molecular flexibility index (Phi) is 4.82. The van der Waals surface area contributed by atoms with Crippen LogP contribution >= 0.6 is 0 Å². The fraction of sp³-hybridized carbons (Fsp3) is 0.786. The van der Waals surface area contributed by atoms with E-state index < -0.39 is 11.6 Å². The molecule has 0 spiro atoms. The highest BCUT2D eigenvalue weighted by Gasteiger charge is 2.48. The lowest BCUT2D eigenvalue weighted by atomic mass is 9.80. The molecule has 0 aromatic rings. The van der Waals surface area contributed by atoms with Crippen LogP contribution in [0.2, 0.25) is 0 Å². The van der Waals surface area contributed by atoms with Crippen molar-refractivity contribution < 1.29 is 14.4 Å². The average molecular weight is 296 g/mol. The summed E-state index contributed by atoms with van der Waals surface area (Å²) >= 11 is 0. The molecular weight excluding hydrogens is 272 g/mol. The standard InChI is InChI=1S/C14H24N4O3/c1-3-6-15-11(19)9-18-7-4-5-10(8-18)14(2)12(20)16-13(21)17-14/h10H,3-9H2,1-2H3,(H,15,19)(H2,16,17,20,21)/t10-,14-/m1/s1. The molecule has 0 aromatic carbocycles. The number of carbonyl (C=O) groups excluding carboxylic acids is 3. The number of imide groups is 1. The number of nitrogens with zero attached hydrogens (tertiary/aromatic N) is 1. The van der Waals surface area contributed by atoms with E-state index in [0.717, 1.165) is 25.8 Å². The van der Waals surface area contributed by atoms with Crippen molar-refractivity contribution in [3.05, 3.63) is 0 Å². The molecule has 2 saturated heterocycles. The van der Waals surface area contributed by atoms with Crippen LogP contribution in [0.3, 0.4) is 0 Å². The van der Waals surface area contributed by atoms with E-state index in [-0.39, 0.29) is 17.7 Å². The minimum absolute atomic E-state index is 0.0163. The van der Waals surface area contributed by atoms with Gasteiger partial charge >= 0.3 is 6.03 Å². The van der Waals surface area contributed by atoms with Gasteiger partial charge in [-0.05, 0) is 32.7 Å². The van der Waals surface area contributed by atoms with Gasteiger partial charge in [-0.15, -0.1) is 0 Å². The third-order valence-electron chi connectivity index (χ3n) is 4.33. The van der Waals surface area contributed by atoms with E-state index in [2.05, 4.69) is 20.9 Å². The Balaban J connectivity index is 1.93. The fourth-order valence-corrected chi connectivity index (χ4v) is 3.04. The lowest BCUT2D eigenvalue weighted by molar-refractivity contribution is -0.126. The number of piperidine rings is 1. The molecule has 2 heterocycles. The van der Waals surface area contributed by atoms with Crippen molar-refractivity contribution in [2.75, 3.05) is 26.2 Å². The van der Waals surface area contributed by atoms with Crippen LogP contribution in [-0.2, 0) is 9.59 Å². The summed E-state index contributed by atoms with van der Waals surface area (Å²) in [5.41, 5.74) is -0.865. The molecule has 2 atom stereocenters. The molecule has 4 amide bonds. The maximum atomic E-state index is 12.0. The molecule has 118 valence electrons. The molecule has 0 radical (unpaired) electrons. The molecule has 2 aliphatic heterocycles. The van der Waals surface area contributed by atoms with Crippen molar-refractivity contribution >= 4 is 17.8 Å². The summed E-state index contributed by atoms with van der Waals surface area (Å²) in [4.78, 5) is 37.2. The van der Waals surface area contributed by atoms with Gasteiger partial charge in [-0.2, -0.15) is 0 Å². The predicted molar refractivity (Wildman–Crippen MR) is 77.5 cm³/mol. The highest BCUT2D eigenvalue weighted by Crippen LogP contribution is 2.29. The van der Waals surface area contributed by atoms with Gasteiger partial charge < -0.3 is 10.6 Å². The fourth-order valence-electron chi connectivity index (χ4n) is 3.04. The number of likely N-dealkylation sites (tertiary alicyclic amines) is 1. The van der Waals surface area contributed by atoms with Crippen LogP contribution in [0.1, 0.15) is 33.1 Å². The van der Waals surface area contributed by atoms with E-state index in [1.54, 1.807) is 6.92 Å². The normalized spacial score (nSPS) is 29.9. The molecule has 7 nitrogen and oxygen atoms in total. The van der Waals surface area contributed by atoms with E-state index in [9.17, 15) is 14.4 Å². The molecule has 0 aromatic heterocycles. The minimum Gasteiger partial charge on any atom is -0.355 e. The number of hydrogen-bond acceptors (Lipinski definition) is 4. The lowest BCUT2D eigenvalue weighted by Crippen LogP contribution is -2.56. The van der Waals surface area contributed by atoms with E-state index in [0.29, 0.717) is 19.6 Å². The van der Waals surface area contributed by atoms with Crippen LogP contribution in [0.15, 0.2) is 0 Å². The SMILES string of the molecule is CCCNC(=O)CN1CCC[C@@H]([C@@]2(C)NC(=O)NC2=O)C1. The van der Waals surface area contributed by atoms with Gasteiger partial charge in [-0.25, -0.2) is 4.79 Å². The number of hydrogen-bond donors (Lipinski definition) is 3. The highest BCUT2D eigenvalue weighted by atomic mass is 16.2. The van der Waals surface area contributed by atoms with Crippen LogP contribution in [0.4, 0.5) is 4.79 Å². The Morgan fingerprint density at radius 1 is 1.48 bits per heavy atom. The number of rotatable bonds is 5. The topological polar surface area (TPSA) is 90.5 Å². The maximum Gasteiger partial charge on any atom is 0.322 e. The van der Waals surface area contributed by atoms with Crippen LogP contribution in [0.25, 0.3) is 0 Å². The summed E-state index contributed by atoms with van der Waals surface area (Å²) in [6.45, 7) is 6.30. The Labute approximate surface area is 124 Å². The zero-order valence-corrected chi connectivity index (χ0v) is 12.7. The van der Waals surface area contributed by atoms with Gasteiger partial charge in [0.15, 0.2) is 0 Å². The summed E-state index contributed by atoms with van der Waals surface area (Å²) in [5.74, 6) is -0.228. The molecule has 0 unspecified atom stereocenters. The van der Waals surface area contributed by atoms with Crippen LogP contribution < -0.4 is 16.0 Å². The van der Waals surface area contributed by atoms with Gasteiger partial charge in [0.1, 0.15) is 5.54 Å². The maximum absolute atomic E-state index is 12.0. The van der Waals surface area contributed by atoms with Gasteiger partial charge in [0.05, 0.1) is 6.54 Å². The second-order valence-corrected chi connectivity index (χ2v) is 6.03. The molecule has 7 heteroatoms. The monoisotopic (exact) mass is 296 g/mol. The van der Waals surface area contributed by atoms with Crippen molar-refractivity contribution in [3.63, 3.8) is 0 Å². The van der Waals surface area contributed by atoms with Gasteiger partial charge in [-0.3, -0.25) is 19.8 Å². The van der Waals surface area contributed by atoms with Crippen molar-refractivity contribution in [2.45, 2.75) is 38.6 Å². The predicted octanol–water partition coefficient (Wildman–Crippen LogP) is -0.177. The Bertz CT molecular complexity index is 440. The summed E-state index contributed by atoms with van der Waals surface area (Å²) in [5, 5.41) is 7.89. The molecular formula is C14H24N4O3. The largest absolute Gasteiger partial charge is 0.355 e. The summed E-state index contributed by atoms with van der Waals surface area (Å²) in [7, 11) is 0. The quantitative estimate of drug-likeness (QED) is 0.614. The van der Waals surface area contributed by atoms with E-state index >= 15 is 0 Å². The highest BCUT2D eigenvalue weighted by molar-refractivity contribution is 6.07. The third-order valence-corrected chi connectivity index (χ3v) is 4.33. The zero-order valence-electron chi connectivity index (χ0n) is 12.7. The number of amides is 4. The average Bonchev–Trinajstić information content (AvgIpc) is 2.71. The van der Waals surface area contributed by atoms with Gasteiger partial charge in [0.2, 0.25) is 5.91 Å². The number of nitrogens with one attached hydrogen (secondary N) is 3. The van der Waals surface area contributed by atoms with Crippen molar-refractivity contribution in [1.82, 2.24) is 20.9 Å². The van der Waals surface area contributed by atoms with Gasteiger partial charge in [0, 0.05) is 19.0 Å². The first kappa shape index (κ1) is 15.8. The number of urea groups is 1. The molecule has 3 N–H and O–H groups in total. The Hall–Kier alpha value is -1.63. The molecule has 0 aliphatic carbocycles. The van der Waals surface area contributed by atoms with E-state index in [1.807, 2.05) is 6.92 Å². The van der Waals surface area contributed by atoms with E-state index in [1.165, 1.54) is 0 Å². The molecule has 2 rings (SSSR count). The molecule has 0 saturated carbocycles. The summed E-state index contributed by atoms with van der Waals surface area (Å²) in [6.07, 6.45) is 2.71.